The molecule has 0 radical (unpaired) electrons. The molecule has 1 rings (SSSR count). The Morgan fingerprint density at radius 2 is 2.00 bits per heavy atom. The van der Waals surface area contributed by atoms with Crippen LogP contribution in [0.4, 0.5) is 0 Å². The molecule has 0 unspecified atom stereocenters. The van der Waals surface area contributed by atoms with Crippen LogP contribution in [-0.4, -0.2) is 17.8 Å². The van der Waals surface area contributed by atoms with Crippen LogP contribution in [0.15, 0.2) is 28.7 Å². The first-order valence-electron chi connectivity index (χ1n) is 4.47. The zero-order valence-corrected chi connectivity index (χ0v) is 10.5. The van der Waals surface area contributed by atoms with Gasteiger partial charge >= 0.3 is 0 Å². The first kappa shape index (κ1) is 11.8. The molecule has 1 nitrogen and oxygen atoms in total. The second-order valence-electron chi connectivity index (χ2n) is 3.08. The molecule has 0 spiro atoms. The highest BCUT2D eigenvalue weighted by molar-refractivity contribution is 9.10. The Kier molecular flexibility index (Phi) is 5.26. The van der Waals surface area contributed by atoms with Crippen LogP contribution in [0.5, 0.6) is 0 Å². The minimum absolute atomic E-state index is 0.321. The van der Waals surface area contributed by atoms with Crippen LogP contribution in [0.3, 0.4) is 0 Å². The first-order chi connectivity index (χ1) is 6.72. The van der Waals surface area contributed by atoms with Gasteiger partial charge in [0.15, 0.2) is 0 Å². The molecule has 0 amide bonds. The average molecular weight is 273 g/mol. The average Bonchev–Trinajstić information content (AvgIpc) is 2.18. The summed E-state index contributed by atoms with van der Waals surface area (Å²) in [6, 6.07) is 7.91. The molecule has 0 aliphatic heterocycles. The van der Waals surface area contributed by atoms with Gasteiger partial charge in [0.05, 0.1) is 0 Å². The fourth-order valence-electron chi connectivity index (χ4n) is 1.13. The van der Waals surface area contributed by atoms with E-state index in [2.05, 4.69) is 15.9 Å². The molecule has 1 aromatic carbocycles. The van der Waals surface area contributed by atoms with Gasteiger partial charge in [-0.2, -0.15) is 11.8 Å². The van der Waals surface area contributed by atoms with E-state index in [1.165, 1.54) is 0 Å². The highest BCUT2D eigenvalue weighted by Crippen LogP contribution is 2.11. The fourth-order valence-corrected chi connectivity index (χ4v) is 1.83. The van der Waals surface area contributed by atoms with Crippen LogP contribution < -0.4 is 0 Å². The number of carbonyl (C=O) groups excluding carboxylic acids is 1. The van der Waals surface area contributed by atoms with Crippen molar-refractivity contribution in [1.82, 2.24) is 0 Å². The highest BCUT2D eigenvalue weighted by Gasteiger charge is 2.02. The summed E-state index contributed by atoms with van der Waals surface area (Å²) in [7, 11) is 0. The van der Waals surface area contributed by atoms with E-state index < -0.39 is 0 Å². The van der Waals surface area contributed by atoms with E-state index >= 15 is 0 Å². The van der Waals surface area contributed by atoms with Gasteiger partial charge in [0.25, 0.3) is 0 Å². The molecule has 0 fully saturated rings. The van der Waals surface area contributed by atoms with E-state index in [1.54, 1.807) is 11.8 Å². The standard InChI is InChI=1S/C11H13BrOS/c1-14-7-6-11(13)8-9-2-4-10(12)5-3-9/h2-5H,6-8H2,1H3. The lowest BCUT2D eigenvalue weighted by Gasteiger charge is -2.00. The smallest absolute Gasteiger partial charge is 0.138 e. The Labute approximate surface area is 97.4 Å². The number of hydrogen-bond acceptors (Lipinski definition) is 2. The van der Waals surface area contributed by atoms with E-state index in [-0.39, 0.29) is 0 Å². The normalized spacial score (nSPS) is 10.1. The molecule has 1 aromatic rings. The van der Waals surface area contributed by atoms with Crippen molar-refractivity contribution in [2.45, 2.75) is 12.8 Å². The van der Waals surface area contributed by atoms with E-state index in [0.29, 0.717) is 18.6 Å². The number of carbonyl (C=O) groups is 1. The summed E-state index contributed by atoms with van der Waals surface area (Å²) in [5.74, 6) is 1.25. The monoisotopic (exact) mass is 272 g/mol. The molecule has 0 aliphatic carbocycles. The maximum atomic E-state index is 11.4. The third kappa shape index (κ3) is 4.29. The van der Waals surface area contributed by atoms with Crippen molar-refractivity contribution >= 4 is 33.5 Å². The summed E-state index contributed by atoms with van der Waals surface area (Å²) < 4.78 is 1.05. The van der Waals surface area contributed by atoms with Crippen molar-refractivity contribution in [3.63, 3.8) is 0 Å². The largest absolute Gasteiger partial charge is 0.299 e. The second kappa shape index (κ2) is 6.25. The summed E-state index contributed by atoms with van der Waals surface area (Å²) in [6.45, 7) is 0. The SMILES string of the molecule is CSCCC(=O)Cc1ccc(Br)cc1. The molecule has 0 saturated heterocycles. The number of hydrogen-bond donors (Lipinski definition) is 0. The first-order valence-corrected chi connectivity index (χ1v) is 6.66. The van der Waals surface area contributed by atoms with Crippen LogP contribution in [0.1, 0.15) is 12.0 Å². The summed E-state index contributed by atoms with van der Waals surface area (Å²) in [5, 5.41) is 0. The molecule has 0 N–H and O–H groups in total. The van der Waals surface area contributed by atoms with Crippen molar-refractivity contribution in [3.8, 4) is 0 Å². The van der Waals surface area contributed by atoms with Gasteiger partial charge in [-0.1, -0.05) is 28.1 Å². The fraction of sp³-hybridized carbons (Fsp3) is 0.364. The summed E-state index contributed by atoms with van der Waals surface area (Å²) in [5.41, 5.74) is 1.10. The molecule has 0 atom stereocenters. The van der Waals surface area contributed by atoms with E-state index in [4.69, 9.17) is 0 Å². The van der Waals surface area contributed by atoms with E-state index in [9.17, 15) is 4.79 Å². The van der Waals surface area contributed by atoms with Gasteiger partial charge in [-0.25, -0.2) is 0 Å². The number of Topliss-reactive ketones (excluding diaryl/α,β-unsaturated/α-hetero) is 1. The van der Waals surface area contributed by atoms with Gasteiger partial charge in [-0.15, -0.1) is 0 Å². The van der Waals surface area contributed by atoms with Crippen molar-refractivity contribution in [3.05, 3.63) is 34.3 Å². The Hall–Kier alpha value is -0.280. The Bertz CT molecular complexity index is 295. The molecule has 0 heterocycles. The van der Waals surface area contributed by atoms with Crippen LogP contribution in [-0.2, 0) is 11.2 Å². The molecule has 0 aromatic heterocycles. The maximum Gasteiger partial charge on any atom is 0.138 e. The lowest BCUT2D eigenvalue weighted by Crippen LogP contribution is -2.03. The van der Waals surface area contributed by atoms with Crippen molar-refractivity contribution in [2.24, 2.45) is 0 Å². The van der Waals surface area contributed by atoms with Gasteiger partial charge in [0.2, 0.25) is 0 Å². The molecule has 3 heteroatoms. The van der Waals surface area contributed by atoms with E-state index in [0.717, 1.165) is 15.8 Å². The molecule has 76 valence electrons. The van der Waals surface area contributed by atoms with Crippen LogP contribution in [0, 0.1) is 0 Å². The lowest BCUT2D eigenvalue weighted by atomic mass is 10.1. The third-order valence-electron chi connectivity index (χ3n) is 1.90. The number of thioether (sulfide) groups is 1. The quantitative estimate of drug-likeness (QED) is 0.818. The van der Waals surface area contributed by atoms with Gasteiger partial charge in [-0.05, 0) is 29.7 Å². The van der Waals surface area contributed by atoms with E-state index in [1.807, 2.05) is 30.5 Å². The topological polar surface area (TPSA) is 17.1 Å². The van der Waals surface area contributed by atoms with Crippen LogP contribution in [0.2, 0.25) is 0 Å². The molecular formula is C11H13BrOS. The zero-order chi connectivity index (χ0) is 10.4. The Morgan fingerprint density at radius 1 is 1.36 bits per heavy atom. The lowest BCUT2D eigenvalue weighted by molar-refractivity contribution is -0.118. The molecule has 0 bridgehead atoms. The third-order valence-corrected chi connectivity index (χ3v) is 3.04. The van der Waals surface area contributed by atoms with Crippen molar-refractivity contribution in [1.29, 1.82) is 0 Å². The highest BCUT2D eigenvalue weighted by atomic mass is 79.9. The van der Waals surface area contributed by atoms with Crippen molar-refractivity contribution < 1.29 is 4.79 Å². The molecular weight excluding hydrogens is 260 g/mol. The molecule has 14 heavy (non-hydrogen) atoms. The zero-order valence-electron chi connectivity index (χ0n) is 8.13. The van der Waals surface area contributed by atoms with Gasteiger partial charge in [0.1, 0.15) is 5.78 Å². The Balaban J connectivity index is 2.44. The van der Waals surface area contributed by atoms with Gasteiger partial charge in [0, 0.05) is 17.3 Å². The summed E-state index contributed by atoms with van der Waals surface area (Å²) in [4.78, 5) is 11.4. The number of rotatable bonds is 5. The predicted molar refractivity (Wildman–Crippen MR) is 65.9 cm³/mol. The number of ketones is 1. The van der Waals surface area contributed by atoms with Crippen molar-refractivity contribution in [2.75, 3.05) is 12.0 Å². The van der Waals surface area contributed by atoms with Gasteiger partial charge < -0.3 is 0 Å². The predicted octanol–water partition coefficient (Wildman–Crippen LogP) is 3.31. The van der Waals surface area contributed by atoms with Gasteiger partial charge in [-0.3, -0.25) is 4.79 Å². The number of benzene rings is 1. The summed E-state index contributed by atoms with van der Waals surface area (Å²) in [6.07, 6.45) is 3.26. The minimum atomic E-state index is 0.321. The molecule has 0 saturated carbocycles. The summed E-state index contributed by atoms with van der Waals surface area (Å²) >= 11 is 5.08. The second-order valence-corrected chi connectivity index (χ2v) is 4.99. The minimum Gasteiger partial charge on any atom is -0.299 e. The maximum absolute atomic E-state index is 11.4. The Morgan fingerprint density at radius 3 is 2.57 bits per heavy atom. The molecule has 0 aliphatic rings. The number of halogens is 1. The van der Waals surface area contributed by atoms with Crippen LogP contribution in [0.25, 0.3) is 0 Å². The van der Waals surface area contributed by atoms with Crippen LogP contribution >= 0.6 is 27.7 Å².